The molecule has 1 aromatic carbocycles. The SMILES string of the molecule is COCCCn1c(SCC(=O)N[C@@H](C)[C@@H]2C[C@H]3CC[C@H]2C3)nc2cc(C(=O)O)ccc2c1=O. The van der Waals surface area contributed by atoms with Gasteiger partial charge in [0.15, 0.2) is 5.16 Å². The number of carboxylic acid groups (broad SMARTS) is 1. The molecule has 0 saturated heterocycles. The van der Waals surface area contributed by atoms with Crippen molar-refractivity contribution in [1.82, 2.24) is 14.9 Å². The number of amides is 1. The van der Waals surface area contributed by atoms with E-state index in [4.69, 9.17) is 4.74 Å². The lowest BCUT2D eigenvalue weighted by Crippen LogP contribution is -2.41. The van der Waals surface area contributed by atoms with E-state index in [0.29, 0.717) is 41.5 Å². The summed E-state index contributed by atoms with van der Waals surface area (Å²) in [6.45, 7) is 2.99. The molecule has 0 unspecified atom stereocenters. The van der Waals surface area contributed by atoms with Gasteiger partial charge in [0, 0.05) is 26.3 Å². The number of carbonyl (C=O) groups excluding carboxylic acids is 1. The van der Waals surface area contributed by atoms with Gasteiger partial charge in [-0.25, -0.2) is 9.78 Å². The molecule has 0 spiro atoms. The van der Waals surface area contributed by atoms with Crippen molar-refractivity contribution in [3.63, 3.8) is 0 Å². The van der Waals surface area contributed by atoms with Gasteiger partial charge in [0.1, 0.15) is 0 Å². The van der Waals surface area contributed by atoms with Crippen molar-refractivity contribution in [2.75, 3.05) is 19.5 Å². The number of hydrogen-bond acceptors (Lipinski definition) is 6. The number of ether oxygens (including phenoxy) is 1. The van der Waals surface area contributed by atoms with E-state index < -0.39 is 5.97 Å². The van der Waals surface area contributed by atoms with Gasteiger partial charge in [-0.15, -0.1) is 0 Å². The summed E-state index contributed by atoms with van der Waals surface area (Å²) in [6.07, 6.45) is 5.73. The zero-order chi connectivity index (χ0) is 23.5. The van der Waals surface area contributed by atoms with E-state index in [1.807, 2.05) is 0 Å². The van der Waals surface area contributed by atoms with Crippen molar-refractivity contribution >= 4 is 34.5 Å². The van der Waals surface area contributed by atoms with Gasteiger partial charge in [0.25, 0.3) is 5.56 Å². The van der Waals surface area contributed by atoms with Crippen LogP contribution in [0.1, 0.15) is 49.4 Å². The fourth-order valence-corrected chi connectivity index (χ4v) is 6.28. The standard InChI is InChI=1S/C24H31N3O5S/c1-14(19-11-15-4-5-16(19)10-15)25-21(28)13-33-24-26-20-12-17(23(30)31)6-7-18(20)22(29)27(24)8-3-9-32-2/h6-7,12,14-16,19H,3-5,8-11,13H2,1-2H3,(H,25,28)(H,30,31)/t14-,15-,16-,19-/m0/s1. The van der Waals surface area contributed by atoms with Crippen LogP contribution in [0.3, 0.4) is 0 Å². The Morgan fingerprint density at radius 2 is 2.15 bits per heavy atom. The van der Waals surface area contributed by atoms with Crippen LogP contribution in [0.4, 0.5) is 0 Å². The maximum atomic E-state index is 13.1. The Morgan fingerprint density at radius 3 is 2.82 bits per heavy atom. The molecule has 1 heterocycles. The minimum absolute atomic E-state index is 0.0694. The number of carboxylic acids is 1. The van der Waals surface area contributed by atoms with E-state index in [0.717, 1.165) is 11.8 Å². The molecule has 0 radical (unpaired) electrons. The maximum absolute atomic E-state index is 13.1. The topological polar surface area (TPSA) is 111 Å². The third-order valence-corrected chi connectivity index (χ3v) is 8.03. The number of methoxy groups -OCH3 is 1. The molecule has 1 amide bonds. The Hall–Kier alpha value is -2.39. The Kier molecular flexibility index (Phi) is 7.38. The van der Waals surface area contributed by atoms with E-state index in [1.165, 1.54) is 55.6 Å². The van der Waals surface area contributed by atoms with Gasteiger partial charge in [-0.2, -0.15) is 0 Å². The number of hydrogen-bond donors (Lipinski definition) is 2. The average molecular weight is 474 g/mol. The average Bonchev–Trinajstić information content (AvgIpc) is 3.43. The minimum Gasteiger partial charge on any atom is -0.478 e. The molecule has 1 aromatic heterocycles. The number of nitrogens with one attached hydrogen (secondary N) is 1. The summed E-state index contributed by atoms with van der Waals surface area (Å²) in [4.78, 5) is 41.7. The lowest BCUT2D eigenvalue weighted by atomic mass is 9.84. The summed E-state index contributed by atoms with van der Waals surface area (Å²) in [5, 5.41) is 13.2. The first kappa shape index (κ1) is 23.8. The second-order valence-corrected chi connectivity index (χ2v) is 10.2. The first-order valence-corrected chi connectivity index (χ1v) is 12.5. The van der Waals surface area contributed by atoms with Crippen molar-refractivity contribution < 1.29 is 19.4 Å². The molecule has 178 valence electrons. The smallest absolute Gasteiger partial charge is 0.335 e. The van der Waals surface area contributed by atoms with Crippen LogP contribution in [0.15, 0.2) is 28.2 Å². The highest BCUT2D eigenvalue weighted by atomic mass is 32.2. The second kappa shape index (κ2) is 10.3. The van der Waals surface area contributed by atoms with Gasteiger partial charge in [0.2, 0.25) is 5.91 Å². The molecule has 2 N–H and O–H groups in total. The van der Waals surface area contributed by atoms with Crippen molar-refractivity contribution in [3.05, 3.63) is 34.1 Å². The Balaban J connectivity index is 1.50. The lowest BCUT2D eigenvalue weighted by molar-refractivity contribution is -0.119. The highest BCUT2D eigenvalue weighted by Crippen LogP contribution is 2.49. The molecule has 4 rings (SSSR count). The second-order valence-electron chi connectivity index (χ2n) is 9.22. The predicted octanol–water partition coefficient (Wildman–Crippen LogP) is 3.16. The van der Waals surface area contributed by atoms with Gasteiger partial charge in [-0.3, -0.25) is 14.2 Å². The van der Waals surface area contributed by atoms with Crippen LogP contribution < -0.4 is 10.9 Å². The van der Waals surface area contributed by atoms with Crippen molar-refractivity contribution in [2.24, 2.45) is 17.8 Å². The van der Waals surface area contributed by atoms with Gasteiger partial charge in [-0.05, 0) is 68.6 Å². The van der Waals surface area contributed by atoms with Crippen LogP contribution in [0, 0.1) is 17.8 Å². The summed E-state index contributed by atoms with van der Waals surface area (Å²) in [6, 6.07) is 4.45. The van der Waals surface area contributed by atoms with Crippen LogP contribution >= 0.6 is 11.8 Å². The first-order valence-electron chi connectivity index (χ1n) is 11.6. The number of carbonyl (C=O) groups is 2. The summed E-state index contributed by atoms with van der Waals surface area (Å²) in [5.74, 6) is 1.10. The van der Waals surface area contributed by atoms with Gasteiger partial charge < -0.3 is 15.2 Å². The maximum Gasteiger partial charge on any atom is 0.335 e. The Bertz CT molecular complexity index is 1100. The molecular weight excluding hydrogens is 442 g/mol. The summed E-state index contributed by atoms with van der Waals surface area (Å²) >= 11 is 1.21. The van der Waals surface area contributed by atoms with E-state index in [-0.39, 0.29) is 28.8 Å². The number of rotatable bonds is 10. The van der Waals surface area contributed by atoms with Crippen LogP contribution in [-0.4, -0.2) is 52.0 Å². The monoisotopic (exact) mass is 473 g/mol. The molecular formula is C24H31N3O5S. The van der Waals surface area contributed by atoms with E-state index in [9.17, 15) is 19.5 Å². The summed E-state index contributed by atoms with van der Waals surface area (Å²) in [7, 11) is 1.60. The molecule has 9 heteroatoms. The third-order valence-electron chi connectivity index (χ3n) is 7.05. The lowest BCUT2D eigenvalue weighted by Gasteiger charge is -2.28. The Morgan fingerprint density at radius 1 is 1.33 bits per heavy atom. The van der Waals surface area contributed by atoms with Gasteiger partial charge in [0.05, 0.1) is 22.2 Å². The van der Waals surface area contributed by atoms with Crippen LogP contribution in [0.5, 0.6) is 0 Å². The number of thioether (sulfide) groups is 1. The number of fused-ring (bicyclic) bond motifs is 3. The highest BCUT2D eigenvalue weighted by Gasteiger charge is 2.42. The van der Waals surface area contributed by atoms with Crippen molar-refractivity contribution in [3.8, 4) is 0 Å². The largest absolute Gasteiger partial charge is 0.478 e. The number of nitrogens with zero attached hydrogens (tertiary/aromatic N) is 2. The first-order chi connectivity index (χ1) is 15.9. The summed E-state index contributed by atoms with van der Waals surface area (Å²) < 4.78 is 6.67. The molecule has 8 nitrogen and oxygen atoms in total. The number of aromatic carboxylic acids is 1. The number of aromatic nitrogens is 2. The molecule has 2 bridgehead atoms. The normalized spacial score (nSPS) is 22.5. The zero-order valence-electron chi connectivity index (χ0n) is 19.1. The molecule has 2 aliphatic rings. The van der Waals surface area contributed by atoms with Crippen LogP contribution in [-0.2, 0) is 16.1 Å². The van der Waals surface area contributed by atoms with Gasteiger partial charge >= 0.3 is 5.97 Å². The van der Waals surface area contributed by atoms with Crippen LogP contribution in [0.25, 0.3) is 10.9 Å². The summed E-state index contributed by atoms with van der Waals surface area (Å²) in [5.41, 5.74) is 0.146. The molecule has 2 aromatic rings. The zero-order valence-corrected chi connectivity index (χ0v) is 19.9. The van der Waals surface area contributed by atoms with Crippen molar-refractivity contribution in [2.45, 2.75) is 56.8 Å². The Labute approximate surface area is 197 Å². The number of benzene rings is 1. The highest BCUT2D eigenvalue weighted by molar-refractivity contribution is 7.99. The molecule has 4 atom stereocenters. The quantitative estimate of drug-likeness (QED) is 0.310. The molecule has 33 heavy (non-hydrogen) atoms. The van der Waals surface area contributed by atoms with Crippen molar-refractivity contribution in [1.29, 1.82) is 0 Å². The fourth-order valence-electron chi connectivity index (χ4n) is 5.45. The minimum atomic E-state index is -1.08. The van der Waals surface area contributed by atoms with Crippen LogP contribution in [0.2, 0.25) is 0 Å². The third kappa shape index (κ3) is 5.24. The van der Waals surface area contributed by atoms with E-state index in [1.54, 1.807) is 11.7 Å². The molecule has 2 saturated carbocycles. The fraction of sp³-hybridized carbons (Fsp3) is 0.583. The van der Waals surface area contributed by atoms with E-state index in [2.05, 4.69) is 17.2 Å². The molecule has 0 aliphatic heterocycles. The van der Waals surface area contributed by atoms with E-state index >= 15 is 0 Å². The predicted molar refractivity (Wildman–Crippen MR) is 127 cm³/mol. The van der Waals surface area contributed by atoms with Gasteiger partial charge in [-0.1, -0.05) is 18.2 Å². The molecule has 2 aliphatic carbocycles. The molecule has 2 fully saturated rings.